The van der Waals surface area contributed by atoms with Gasteiger partial charge >= 0.3 is 0 Å². The first-order chi connectivity index (χ1) is 13.6. The fourth-order valence-electron chi connectivity index (χ4n) is 4.27. The van der Waals surface area contributed by atoms with E-state index in [0.717, 1.165) is 11.1 Å². The Morgan fingerprint density at radius 3 is 2.39 bits per heavy atom. The zero-order chi connectivity index (χ0) is 19.3. The van der Waals surface area contributed by atoms with E-state index in [1.807, 2.05) is 42.5 Å². The predicted octanol–water partition coefficient (Wildman–Crippen LogP) is 2.69. The summed E-state index contributed by atoms with van der Waals surface area (Å²) in [5.74, 6) is 0.620. The highest BCUT2D eigenvalue weighted by molar-refractivity contribution is 6.31. The Morgan fingerprint density at radius 2 is 1.64 bits per heavy atom. The molecule has 144 valence electrons. The summed E-state index contributed by atoms with van der Waals surface area (Å²) in [5, 5.41) is 0.710. The van der Waals surface area contributed by atoms with Crippen molar-refractivity contribution in [3.8, 4) is 11.5 Å². The Morgan fingerprint density at radius 1 is 0.929 bits per heavy atom. The van der Waals surface area contributed by atoms with Gasteiger partial charge in [0.1, 0.15) is 0 Å². The highest BCUT2D eigenvalue weighted by atomic mass is 35.5. The van der Waals surface area contributed by atoms with Crippen molar-refractivity contribution in [3.63, 3.8) is 0 Å². The van der Waals surface area contributed by atoms with Gasteiger partial charge in [-0.25, -0.2) is 0 Å². The number of fused-ring (bicyclic) bond motifs is 2. The second kappa shape index (κ2) is 6.79. The van der Waals surface area contributed by atoms with E-state index in [0.29, 0.717) is 36.2 Å². The molecule has 0 unspecified atom stereocenters. The van der Waals surface area contributed by atoms with Gasteiger partial charge in [0.15, 0.2) is 11.5 Å². The minimum absolute atomic E-state index is 0.0886. The van der Waals surface area contributed by atoms with Gasteiger partial charge in [-0.2, -0.15) is 0 Å². The molecule has 2 aromatic carbocycles. The SMILES string of the molecule is O=C1[C@H]2CN(Cc3ccccc3Cl)C[C@H]2C(=O)N1Cc1ccc2c(c1)OCO2. The molecule has 28 heavy (non-hydrogen) atoms. The normalized spacial score (nSPS) is 23.5. The molecule has 0 radical (unpaired) electrons. The van der Waals surface area contributed by atoms with E-state index in [2.05, 4.69) is 4.90 Å². The largest absolute Gasteiger partial charge is 0.454 e. The Labute approximate surface area is 167 Å². The van der Waals surface area contributed by atoms with Crippen LogP contribution in [0, 0.1) is 11.8 Å². The third-order valence-corrected chi connectivity index (χ3v) is 6.06. The molecule has 0 aromatic heterocycles. The van der Waals surface area contributed by atoms with Crippen LogP contribution in [0.1, 0.15) is 11.1 Å². The third kappa shape index (κ3) is 2.93. The minimum Gasteiger partial charge on any atom is -0.454 e. The van der Waals surface area contributed by atoms with Gasteiger partial charge in [-0.1, -0.05) is 35.9 Å². The van der Waals surface area contributed by atoms with E-state index in [9.17, 15) is 9.59 Å². The first-order valence-corrected chi connectivity index (χ1v) is 9.67. The van der Waals surface area contributed by atoms with Gasteiger partial charge in [0.2, 0.25) is 18.6 Å². The van der Waals surface area contributed by atoms with Crippen LogP contribution in [0.25, 0.3) is 0 Å². The van der Waals surface area contributed by atoms with Crippen molar-refractivity contribution in [2.75, 3.05) is 19.9 Å². The van der Waals surface area contributed by atoms with Crippen LogP contribution in [0.2, 0.25) is 5.02 Å². The van der Waals surface area contributed by atoms with E-state index in [1.165, 1.54) is 4.90 Å². The number of nitrogens with zero attached hydrogens (tertiary/aromatic N) is 2. The summed E-state index contributed by atoms with van der Waals surface area (Å²) in [6.45, 7) is 2.28. The number of benzene rings is 2. The molecule has 3 aliphatic heterocycles. The summed E-state index contributed by atoms with van der Waals surface area (Å²) >= 11 is 6.25. The maximum atomic E-state index is 12.9. The zero-order valence-corrected chi connectivity index (χ0v) is 15.9. The molecule has 2 aromatic rings. The van der Waals surface area contributed by atoms with Gasteiger partial charge in [0.05, 0.1) is 18.4 Å². The van der Waals surface area contributed by atoms with Crippen molar-refractivity contribution < 1.29 is 19.1 Å². The number of rotatable bonds is 4. The van der Waals surface area contributed by atoms with Gasteiger partial charge in [0.25, 0.3) is 0 Å². The number of imide groups is 1. The topological polar surface area (TPSA) is 59.1 Å². The number of amides is 2. The third-order valence-electron chi connectivity index (χ3n) is 5.69. The van der Waals surface area contributed by atoms with Crippen molar-refractivity contribution in [3.05, 3.63) is 58.6 Å². The van der Waals surface area contributed by atoms with Crippen molar-refractivity contribution in [2.45, 2.75) is 13.1 Å². The molecule has 0 aliphatic carbocycles. The molecule has 0 bridgehead atoms. The van der Waals surface area contributed by atoms with Crippen molar-refractivity contribution in [1.82, 2.24) is 9.80 Å². The van der Waals surface area contributed by atoms with Crippen molar-refractivity contribution in [2.24, 2.45) is 11.8 Å². The minimum atomic E-state index is -0.274. The molecule has 0 spiro atoms. The van der Waals surface area contributed by atoms with Crippen LogP contribution in [0.5, 0.6) is 11.5 Å². The number of ether oxygens (including phenoxy) is 2. The molecule has 2 amide bonds. The molecule has 5 rings (SSSR count). The second-order valence-corrected chi connectivity index (χ2v) is 7.86. The molecule has 3 aliphatic rings. The van der Waals surface area contributed by atoms with E-state index in [-0.39, 0.29) is 37.0 Å². The van der Waals surface area contributed by atoms with Crippen LogP contribution in [0.3, 0.4) is 0 Å². The fourth-order valence-corrected chi connectivity index (χ4v) is 4.46. The van der Waals surface area contributed by atoms with E-state index in [4.69, 9.17) is 21.1 Å². The van der Waals surface area contributed by atoms with Crippen molar-refractivity contribution in [1.29, 1.82) is 0 Å². The first-order valence-electron chi connectivity index (χ1n) is 9.29. The van der Waals surface area contributed by atoms with Crippen LogP contribution in [-0.2, 0) is 22.7 Å². The molecule has 2 fully saturated rings. The Bertz CT molecular complexity index is 939. The van der Waals surface area contributed by atoms with Gasteiger partial charge in [0, 0.05) is 24.7 Å². The lowest BCUT2D eigenvalue weighted by Gasteiger charge is -2.21. The molecule has 7 heteroatoms. The number of carbonyl (C=O) groups excluding carboxylic acids is 2. The summed E-state index contributed by atoms with van der Waals surface area (Å²) in [7, 11) is 0. The van der Waals surface area contributed by atoms with Gasteiger partial charge < -0.3 is 9.47 Å². The first kappa shape index (κ1) is 17.5. The van der Waals surface area contributed by atoms with E-state index >= 15 is 0 Å². The number of likely N-dealkylation sites (tertiary alicyclic amines) is 2. The summed E-state index contributed by atoms with van der Waals surface area (Å²) in [5.41, 5.74) is 1.88. The molecule has 0 saturated carbocycles. The van der Waals surface area contributed by atoms with Crippen LogP contribution in [0.4, 0.5) is 0 Å². The lowest BCUT2D eigenvalue weighted by Crippen LogP contribution is -2.35. The Balaban J connectivity index is 1.28. The highest BCUT2D eigenvalue weighted by Gasteiger charge is 2.52. The zero-order valence-electron chi connectivity index (χ0n) is 15.1. The summed E-state index contributed by atoms with van der Waals surface area (Å²) < 4.78 is 10.7. The average Bonchev–Trinajstić information content (AvgIpc) is 3.37. The lowest BCUT2D eigenvalue weighted by molar-refractivity contribution is -0.141. The monoisotopic (exact) mass is 398 g/mol. The maximum absolute atomic E-state index is 12.9. The van der Waals surface area contributed by atoms with Crippen LogP contribution < -0.4 is 9.47 Å². The molecule has 3 heterocycles. The lowest BCUT2D eigenvalue weighted by atomic mass is 10.00. The van der Waals surface area contributed by atoms with E-state index in [1.54, 1.807) is 0 Å². The molecular weight excluding hydrogens is 380 g/mol. The smallest absolute Gasteiger partial charge is 0.234 e. The summed E-state index contributed by atoms with van der Waals surface area (Å²) in [6, 6.07) is 13.2. The quantitative estimate of drug-likeness (QED) is 0.741. The highest BCUT2D eigenvalue weighted by Crippen LogP contribution is 2.37. The van der Waals surface area contributed by atoms with Crippen LogP contribution >= 0.6 is 11.6 Å². The number of carbonyl (C=O) groups is 2. The van der Waals surface area contributed by atoms with Crippen molar-refractivity contribution >= 4 is 23.4 Å². The molecule has 2 atom stereocenters. The number of hydrogen-bond donors (Lipinski definition) is 0. The second-order valence-electron chi connectivity index (χ2n) is 7.45. The van der Waals surface area contributed by atoms with E-state index < -0.39 is 0 Å². The average molecular weight is 399 g/mol. The fraction of sp³-hybridized carbons (Fsp3) is 0.333. The van der Waals surface area contributed by atoms with Gasteiger partial charge in [-0.3, -0.25) is 19.4 Å². The van der Waals surface area contributed by atoms with Gasteiger partial charge in [-0.15, -0.1) is 0 Å². The molecule has 2 saturated heterocycles. The maximum Gasteiger partial charge on any atom is 0.234 e. The van der Waals surface area contributed by atoms with Crippen LogP contribution in [0.15, 0.2) is 42.5 Å². The molecular formula is C21H19ClN2O4. The Hall–Kier alpha value is -2.57. The summed E-state index contributed by atoms with van der Waals surface area (Å²) in [6.07, 6.45) is 0. The summed E-state index contributed by atoms with van der Waals surface area (Å²) in [4.78, 5) is 29.3. The molecule has 6 nitrogen and oxygen atoms in total. The number of hydrogen-bond acceptors (Lipinski definition) is 5. The van der Waals surface area contributed by atoms with Crippen LogP contribution in [-0.4, -0.2) is 41.5 Å². The molecule has 0 N–H and O–H groups in total. The standard InChI is InChI=1S/C21H19ClN2O4/c22-17-4-2-1-3-14(17)9-23-10-15-16(11-23)21(26)24(20(15)25)8-13-5-6-18-19(7-13)28-12-27-18/h1-7,15-16H,8-12H2/t15-,16+. The Kier molecular flexibility index (Phi) is 4.25. The number of halogens is 1. The van der Waals surface area contributed by atoms with Gasteiger partial charge in [-0.05, 0) is 29.3 Å². The predicted molar refractivity (Wildman–Crippen MR) is 102 cm³/mol.